The summed E-state index contributed by atoms with van der Waals surface area (Å²) in [5.74, 6) is -0.383. The molecule has 2 aromatic rings. The van der Waals surface area contributed by atoms with E-state index in [1.54, 1.807) is 6.92 Å². The van der Waals surface area contributed by atoms with Crippen LogP contribution in [0.2, 0.25) is 0 Å². The van der Waals surface area contributed by atoms with E-state index in [0.29, 0.717) is 12.3 Å². The molecule has 0 aliphatic carbocycles. The molecule has 0 spiro atoms. The van der Waals surface area contributed by atoms with Crippen molar-refractivity contribution >= 4 is 50.1 Å². The number of carbonyl (C=O) groups excluding carboxylic acids is 1. The van der Waals surface area contributed by atoms with Gasteiger partial charge in [0.2, 0.25) is 0 Å². The van der Waals surface area contributed by atoms with Crippen molar-refractivity contribution in [3.63, 3.8) is 0 Å². The Morgan fingerprint density at radius 2 is 2.38 bits per heavy atom. The zero-order chi connectivity index (χ0) is 11.7. The number of esters is 1. The van der Waals surface area contributed by atoms with Crippen LogP contribution >= 0.6 is 38.5 Å². The van der Waals surface area contributed by atoms with Crippen LogP contribution < -0.4 is 0 Å². The van der Waals surface area contributed by atoms with E-state index < -0.39 is 0 Å². The van der Waals surface area contributed by atoms with E-state index in [9.17, 15) is 4.79 Å². The zero-order valence-electron chi connectivity index (χ0n) is 8.41. The van der Waals surface area contributed by atoms with Crippen molar-refractivity contribution in [2.45, 2.75) is 6.92 Å². The highest BCUT2D eigenvalue weighted by Gasteiger charge is 2.17. The molecule has 4 nitrogen and oxygen atoms in total. The van der Waals surface area contributed by atoms with Crippen LogP contribution in [0.5, 0.6) is 0 Å². The summed E-state index contributed by atoms with van der Waals surface area (Å²) >= 11 is 5.46. The highest BCUT2D eigenvalue weighted by molar-refractivity contribution is 14.1. The Morgan fingerprint density at radius 1 is 1.62 bits per heavy atom. The van der Waals surface area contributed by atoms with Gasteiger partial charge in [0.15, 0.2) is 5.69 Å². The Kier molecular flexibility index (Phi) is 3.48. The standard InChI is InChI=1S/C10H8BrIN2O2/c1-2-16-10(15)8-9(12)14-5-6(11)3-4-7(14)13-8/h3-5H,2H2,1H3. The second kappa shape index (κ2) is 4.70. The maximum atomic E-state index is 11.6. The topological polar surface area (TPSA) is 43.6 Å². The number of hydrogen-bond acceptors (Lipinski definition) is 3. The minimum Gasteiger partial charge on any atom is -0.461 e. The summed E-state index contributed by atoms with van der Waals surface area (Å²) in [6, 6.07) is 3.72. The number of rotatable bonds is 2. The van der Waals surface area contributed by atoms with Gasteiger partial charge in [-0.25, -0.2) is 9.78 Å². The van der Waals surface area contributed by atoms with Crippen LogP contribution in [0, 0.1) is 3.70 Å². The normalized spacial score (nSPS) is 10.7. The van der Waals surface area contributed by atoms with E-state index in [-0.39, 0.29) is 5.97 Å². The summed E-state index contributed by atoms with van der Waals surface area (Å²) in [7, 11) is 0. The first-order valence-corrected chi connectivity index (χ1v) is 6.51. The van der Waals surface area contributed by atoms with Gasteiger partial charge in [-0.1, -0.05) is 0 Å². The van der Waals surface area contributed by atoms with E-state index in [1.807, 2.05) is 22.7 Å². The molecule has 0 aliphatic heterocycles. The summed E-state index contributed by atoms with van der Waals surface area (Å²) in [5.41, 5.74) is 1.09. The summed E-state index contributed by atoms with van der Waals surface area (Å²) in [6.45, 7) is 2.13. The summed E-state index contributed by atoms with van der Waals surface area (Å²) in [6.07, 6.45) is 1.87. The van der Waals surface area contributed by atoms with Crippen LogP contribution in [0.15, 0.2) is 22.8 Å². The lowest BCUT2D eigenvalue weighted by atomic mass is 10.5. The van der Waals surface area contributed by atoms with Crippen molar-refractivity contribution in [1.29, 1.82) is 0 Å². The molecule has 2 heterocycles. The quantitative estimate of drug-likeness (QED) is 0.581. The number of halogens is 2. The maximum Gasteiger partial charge on any atom is 0.359 e. The molecule has 0 saturated carbocycles. The molecule has 6 heteroatoms. The molecular formula is C10H8BrIN2O2. The van der Waals surface area contributed by atoms with Crippen molar-refractivity contribution < 1.29 is 9.53 Å². The lowest BCUT2D eigenvalue weighted by molar-refractivity contribution is 0.0519. The monoisotopic (exact) mass is 394 g/mol. The lowest BCUT2D eigenvalue weighted by Gasteiger charge is -1.98. The molecule has 0 radical (unpaired) electrons. The SMILES string of the molecule is CCOC(=O)c1nc2ccc(Br)cn2c1I. The molecular weight excluding hydrogens is 387 g/mol. The largest absolute Gasteiger partial charge is 0.461 e. The van der Waals surface area contributed by atoms with Crippen molar-refractivity contribution in [3.05, 3.63) is 32.2 Å². The number of nitrogens with zero attached hydrogens (tertiary/aromatic N) is 2. The predicted molar refractivity (Wildman–Crippen MR) is 71.6 cm³/mol. The highest BCUT2D eigenvalue weighted by atomic mass is 127. The second-order valence-corrected chi connectivity index (χ2v) is 4.98. The van der Waals surface area contributed by atoms with Crippen LogP contribution in [-0.2, 0) is 4.74 Å². The molecule has 0 N–H and O–H groups in total. The number of fused-ring (bicyclic) bond motifs is 1. The van der Waals surface area contributed by atoms with E-state index >= 15 is 0 Å². The minimum absolute atomic E-state index is 0.354. The van der Waals surface area contributed by atoms with E-state index in [2.05, 4.69) is 43.5 Å². The van der Waals surface area contributed by atoms with Crippen molar-refractivity contribution in [3.8, 4) is 0 Å². The summed E-state index contributed by atoms with van der Waals surface area (Å²) in [4.78, 5) is 15.8. The van der Waals surface area contributed by atoms with Crippen LogP contribution in [-0.4, -0.2) is 22.0 Å². The van der Waals surface area contributed by atoms with Gasteiger partial charge in [-0.15, -0.1) is 0 Å². The number of pyridine rings is 1. The molecule has 0 aromatic carbocycles. The first-order valence-electron chi connectivity index (χ1n) is 4.63. The van der Waals surface area contributed by atoms with Gasteiger partial charge in [0.25, 0.3) is 0 Å². The molecule has 0 unspecified atom stereocenters. The maximum absolute atomic E-state index is 11.6. The Labute approximate surface area is 114 Å². The van der Waals surface area contributed by atoms with Gasteiger partial charge in [0.05, 0.1) is 6.61 Å². The van der Waals surface area contributed by atoms with Gasteiger partial charge in [-0.05, 0) is 57.6 Å². The molecule has 0 fully saturated rings. The molecule has 0 aliphatic rings. The Morgan fingerprint density at radius 3 is 3.06 bits per heavy atom. The fourth-order valence-electron chi connectivity index (χ4n) is 1.32. The minimum atomic E-state index is -0.383. The smallest absolute Gasteiger partial charge is 0.359 e. The number of carbonyl (C=O) groups is 1. The van der Waals surface area contributed by atoms with Crippen LogP contribution in [0.25, 0.3) is 5.65 Å². The van der Waals surface area contributed by atoms with Crippen molar-refractivity contribution in [1.82, 2.24) is 9.38 Å². The van der Waals surface area contributed by atoms with Gasteiger partial charge >= 0.3 is 5.97 Å². The molecule has 2 rings (SSSR count). The average Bonchev–Trinajstić information content (AvgIpc) is 2.57. The van der Waals surface area contributed by atoms with Crippen molar-refractivity contribution in [2.24, 2.45) is 0 Å². The molecule has 0 atom stereocenters. The van der Waals surface area contributed by atoms with Gasteiger partial charge in [0.1, 0.15) is 9.35 Å². The lowest BCUT2D eigenvalue weighted by Crippen LogP contribution is -2.06. The van der Waals surface area contributed by atoms with Gasteiger partial charge < -0.3 is 4.74 Å². The fraction of sp³-hybridized carbons (Fsp3) is 0.200. The third-order valence-corrected chi connectivity index (χ3v) is 3.49. The Balaban J connectivity index is 2.56. The van der Waals surface area contributed by atoms with Crippen LogP contribution in [0.1, 0.15) is 17.4 Å². The number of ether oxygens (including phenoxy) is 1. The van der Waals surface area contributed by atoms with Crippen LogP contribution in [0.3, 0.4) is 0 Å². The molecule has 2 aromatic heterocycles. The average molecular weight is 395 g/mol. The first-order chi connectivity index (χ1) is 7.63. The van der Waals surface area contributed by atoms with E-state index in [1.165, 1.54) is 0 Å². The molecule has 0 bridgehead atoms. The van der Waals surface area contributed by atoms with Gasteiger partial charge in [-0.2, -0.15) is 0 Å². The molecule has 84 valence electrons. The number of imidazole rings is 1. The number of hydrogen-bond donors (Lipinski definition) is 0. The molecule has 0 amide bonds. The van der Waals surface area contributed by atoms with Gasteiger partial charge in [0, 0.05) is 10.7 Å². The van der Waals surface area contributed by atoms with Crippen molar-refractivity contribution in [2.75, 3.05) is 6.61 Å². The van der Waals surface area contributed by atoms with Gasteiger partial charge in [-0.3, -0.25) is 4.40 Å². The first kappa shape index (κ1) is 11.8. The predicted octanol–water partition coefficient (Wildman–Crippen LogP) is 2.88. The summed E-state index contributed by atoms with van der Waals surface area (Å²) in [5, 5.41) is 0. The third kappa shape index (κ3) is 2.08. The molecule has 16 heavy (non-hydrogen) atoms. The van der Waals surface area contributed by atoms with Crippen LogP contribution in [0.4, 0.5) is 0 Å². The Bertz CT molecular complexity index is 553. The van der Waals surface area contributed by atoms with E-state index in [4.69, 9.17) is 4.74 Å². The third-order valence-electron chi connectivity index (χ3n) is 1.99. The second-order valence-electron chi connectivity index (χ2n) is 3.05. The summed E-state index contributed by atoms with van der Waals surface area (Å²) < 4.78 is 8.47. The Hall–Kier alpha value is -0.630. The van der Waals surface area contributed by atoms with E-state index in [0.717, 1.165) is 13.8 Å². The highest BCUT2D eigenvalue weighted by Crippen LogP contribution is 2.19. The molecule has 0 saturated heterocycles. The zero-order valence-corrected chi connectivity index (χ0v) is 12.1. The fourth-order valence-corrected chi connectivity index (χ4v) is 2.38. The number of aromatic nitrogens is 2.